The van der Waals surface area contributed by atoms with Crippen LogP contribution in [0.4, 0.5) is 11.6 Å². The van der Waals surface area contributed by atoms with Gasteiger partial charge >= 0.3 is 0 Å². The lowest BCUT2D eigenvalue weighted by atomic mass is 10.1. The summed E-state index contributed by atoms with van der Waals surface area (Å²) >= 11 is 0. The van der Waals surface area contributed by atoms with E-state index in [1.54, 1.807) is 12.4 Å². The van der Waals surface area contributed by atoms with Crippen LogP contribution >= 0.6 is 0 Å². The first-order valence-corrected chi connectivity index (χ1v) is 9.35. The molecule has 0 radical (unpaired) electrons. The molecule has 0 unspecified atom stereocenters. The molecule has 0 N–H and O–H groups in total. The number of nitrogens with zero attached hydrogens (tertiary/aromatic N) is 6. The molecule has 2 aliphatic rings. The fourth-order valence-electron chi connectivity index (χ4n) is 3.69. The van der Waals surface area contributed by atoms with E-state index in [-0.39, 0.29) is 5.91 Å². The van der Waals surface area contributed by atoms with Gasteiger partial charge in [0, 0.05) is 51.7 Å². The first-order valence-electron chi connectivity index (χ1n) is 9.35. The molecule has 7 heteroatoms. The van der Waals surface area contributed by atoms with E-state index in [1.807, 2.05) is 29.2 Å². The Bertz CT molecular complexity index is 739. The summed E-state index contributed by atoms with van der Waals surface area (Å²) in [5, 5.41) is 8.10. The minimum atomic E-state index is 0.0810. The van der Waals surface area contributed by atoms with Crippen molar-refractivity contribution in [2.24, 2.45) is 0 Å². The van der Waals surface area contributed by atoms with Crippen molar-refractivity contribution in [3.63, 3.8) is 0 Å². The van der Waals surface area contributed by atoms with E-state index in [4.69, 9.17) is 0 Å². The third-order valence-corrected chi connectivity index (χ3v) is 5.12. The van der Waals surface area contributed by atoms with Crippen LogP contribution in [0.15, 0.2) is 36.7 Å². The van der Waals surface area contributed by atoms with Gasteiger partial charge in [-0.2, -0.15) is 5.10 Å². The molecule has 136 valence electrons. The largest absolute Gasteiger partial charge is 0.356 e. The molecule has 26 heavy (non-hydrogen) atoms. The topological polar surface area (TPSA) is 65.5 Å². The van der Waals surface area contributed by atoms with Crippen LogP contribution < -0.4 is 9.80 Å². The van der Waals surface area contributed by atoms with Crippen molar-refractivity contribution in [1.29, 1.82) is 0 Å². The van der Waals surface area contributed by atoms with E-state index in [1.165, 1.54) is 19.3 Å². The van der Waals surface area contributed by atoms with Crippen molar-refractivity contribution in [3.8, 4) is 0 Å². The molecule has 1 amide bonds. The van der Waals surface area contributed by atoms with E-state index >= 15 is 0 Å². The van der Waals surface area contributed by atoms with Crippen LogP contribution in [0.1, 0.15) is 29.6 Å². The second-order valence-corrected chi connectivity index (χ2v) is 6.78. The minimum absolute atomic E-state index is 0.0810. The highest BCUT2D eigenvalue weighted by atomic mass is 16.2. The summed E-state index contributed by atoms with van der Waals surface area (Å²) in [6.07, 6.45) is 7.06. The molecule has 4 heterocycles. The number of anilines is 2. The summed E-state index contributed by atoms with van der Waals surface area (Å²) in [5.41, 5.74) is 0.724. The Balaban J connectivity index is 1.46. The molecule has 7 nitrogen and oxygen atoms in total. The van der Waals surface area contributed by atoms with Gasteiger partial charge in [0.25, 0.3) is 5.91 Å². The summed E-state index contributed by atoms with van der Waals surface area (Å²) in [6.45, 7) is 4.87. The van der Waals surface area contributed by atoms with Crippen molar-refractivity contribution in [3.05, 3.63) is 42.2 Å². The predicted molar refractivity (Wildman–Crippen MR) is 100 cm³/mol. The average Bonchev–Trinajstić information content (AvgIpc) is 2.75. The van der Waals surface area contributed by atoms with Gasteiger partial charge in [0.15, 0.2) is 5.82 Å². The van der Waals surface area contributed by atoms with Gasteiger partial charge in [0.2, 0.25) is 0 Å². The summed E-state index contributed by atoms with van der Waals surface area (Å²) < 4.78 is 0. The quantitative estimate of drug-likeness (QED) is 0.840. The molecule has 2 aliphatic heterocycles. The van der Waals surface area contributed by atoms with Crippen molar-refractivity contribution < 1.29 is 4.79 Å². The molecular weight excluding hydrogens is 328 g/mol. The normalized spacial score (nSPS) is 18.1. The third kappa shape index (κ3) is 3.47. The van der Waals surface area contributed by atoms with Crippen LogP contribution in [-0.2, 0) is 0 Å². The monoisotopic (exact) mass is 352 g/mol. The summed E-state index contributed by atoms with van der Waals surface area (Å²) in [4.78, 5) is 24.0. The highest BCUT2D eigenvalue weighted by Gasteiger charge is 2.26. The van der Waals surface area contributed by atoms with Crippen LogP contribution in [0.25, 0.3) is 0 Å². The number of pyridine rings is 1. The Labute approximate surface area is 153 Å². The fraction of sp³-hybridized carbons (Fsp3) is 0.474. The smallest absolute Gasteiger partial charge is 0.257 e. The maximum Gasteiger partial charge on any atom is 0.257 e. The number of piperazine rings is 1. The fourth-order valence-corrected chi connectivity index (χ4v) is 3.69. The van der Waals surface area contributed by atoms with Crippen molar-refractivity contribution >= 4 is 17.5 Å². The van der Waals surface area contributed by atoms with Crippen LogP contribution in [0.3, 0.4) is 0 Å². The second kappa shape index (κ2) is 7.68. The molecule has 2 aromatic heterocycles. The van der Waals surface area contributed by atoms with Gasteiger partial charge in [-0.25, -0.2) is 4.98 Å². The molecular formula is C19H24N6O. The number of carbonyl (C=O) groups is 1. The van der Waals surface area contributed by atoms with Crippen molar-refractivity contribution in [2.45, 2.75) is 19.3 Å². The van der Waals surface area contributed by atoms with Crippen LogP contribution in [0.5, 0.6) is 0 Å². The second-order valence-electron chi connectivity index (χ2n) is 6.78. The van der Waals surface area contributed by atoms with E-state index in [0.29, 0.717) is 13.1 Å². The van der Waals surface area contributed by atoms with E-state index in [2.05, 4.69) is 25.0 Å². The standard InChI is InChI=1S/C19H24N6O/c26-19(16-6-4-8-20-18(16)24-10-2-1-3-11-24)25-14-12-23(13-15-25)17-7-5-9-21-22-17/h4-9H,1-3,10-15H2. The zero-order valence-electron chi connectivity index (χ0n) is 14.9. The molecule has 0 atom stereocenters. The Hall–Kier alpha value is -2.70. The number of hydrogen-bond donors (Lipinski definition) is 0. The predicted octanol–water partition coefficient (Wildman–Crippen LogP) is 1.82. The van der Waals surface area contributed by atoms with Gasteiger partial charge in [-0.05, 0) is 43.5 Å². The summed E-state index contributed by atoms with van der Waals surface area (Å²) in [7, 11) is 0. The Morgan fingerprint density at radius 2 is 1.62 bits per heavy atom. The number of rotatable bonds is 3. The van der Waals surface area contributed by atoms with Gasteiger partial charge in [-0.1, -0.05) is 0 Å². The van der Waals surface area contributed by atoms with E-state index in [9.17, 15) is 4.79 Å². The van der Waals surface area contributed by atoms with Crippen LogP contribution in [0.2, 0.25) is 0 Å². The molecule has 2 fully saturated rings. The first kappa shape index (κ1) is 16.8. The van der Waals surface area contributed by atoms with Crippen LogP contribution in [0, 0.1) is 0 Å². The van der Waals surface area contributed by atoms with Gasteiger partial charge in [-0.15, -0.1) is 5.10 Å². The minimum Gasteiger partial charge on any atom is -0.356 e. The molecule has 2 saturated heterocycles. The molecule has 0 saturated carbocycles. The van der Waals surface area contributed by atoms with Crippen molar-refractivity contribution in [1.82, 2.24) is 20.1 Å². The molecule has 0 spiro atoms. The third-order valence-electron chi connectivity index (χ3n) is 5.12. The SMILES string of the molecule is O=C(c1cccnc1N1CCCCC1)N1CCN(c2cccnn2)CC1. The number of amides is 1. The number of aromatic nitrogens is 3. The highest BCUT2D eigenvalue weighted by Crippen LogP contribution is 2.23. The zero-order chi connectivity index (χ0) is 17.8. The molecule has 0 aromatic carbocycles. The number of carbonyl (C=O) groups excluding carboxylic acids is 1. The maximum atomic E-state index is 13.1. The van der Waals surface area contributed by atoms with Gasteiger partial charge < -0.3 is 14.7 Å². The Kier molecular flexibility index (Phi) is 4.95. The highest BCUT2D eigenvalue weighted by molar-refractivity contribution is 5.99. The van der Waals surface area contributed by atoms with E-state index < -0.39 is 0 Å². The molecule has 2 aromatic rings. The Morgan fingerprint density at radius 1 is 0.846 bits per heavy atom. The molecule has 4 rings (SSSR count). The van der Waals surface area contributed by atoms with Crippen LogP contribution in [-0.4, -0.2) is 65.3 Å². The van der Waals surface area contributed by atoms with Gasteiger partial charge in [0.1, 0.15) is 5.82 Å². The number of piperidine rings is 1. The molecule has 0 bridgehead atoms. The lowest BCUT2D eigenvalue weighted by Gasteiger charge is -2.36. The van der Waals surface area contributed by atoms with E-state index in [0.717, 1.165) is 43.4 Å². The maximum absolute atomic E-state index is 13.1. The Morgan fingerprint density at radius 3 is 2.35 bits per heavy atom. The van der Waals surface area contributed by atoms with Gasteiger partial charge in [-0.3, -0.25) is 4.79 Å². The van der Waals surface area contributed by atoms with Crippen molar-refractivity contribution in [2.75, 3.05) is 49.1 Å². The van der Waals surface area contributed by atoms with Gasteiger partial charge in [0.05, 0.1) is 5.56 Å². The first-order chi connectivity index (χ1) is 12.8. The zero-order valence-corrected chi connectivity index (χ0v) is 14.9. The number of hydrogen-bond acceptors (Lipinski definition) is 6. The average molecular weight is 352 g/mol. The summed E-state index contributed by atoms with van der Waals surface area (Å²) in [5.74, 6) is 1.79. The lowest BCUT2D eigenvalue weighted by Crippen LogP contribution is -2.49. The lowest BCUT2D eigenvalue weighted by molar-refractivity contribution is 0.0746. The molecule has 0 aliphatic carbocycles. The summed E-state index contributed by atoms with van der Waals surface area (Å²) in [6, 6.07) is 7.62.